The van der Waals surface area contributed by atoms with Crippen molar-refractivity contribution in [3.8, 4) is 45.6 Å². The average molecular weight is 1420 g/mol. The van der Waals surface area contributed by atoms with Crippen LogP contribution >= 0.6 is 11.6 Å². The molecule has 1 unspecified atom stereocenters. The van der Waals surface area contributed by atoms with Gasteiger partial charge in [0.25, 0.3) is 0 Å². The number of aromatic nitrogens is 16. The molecular formula is C79H97ClN24. The highest BCUT2D eigenvalue weighted by Crippen LogP contribution is 2.36. The summed E-state index contributed by atoms with van der Waals surface area (Å²) in [5.41, 5.74) is 12.6. The summed E-state index contributed by atoms with van der Waals surface area (Å²) in [5.74, 6) is 6.35. The van der Waals surface area contributed by atoms with E-state index in [4.69, 9.17) is 31.5 Å². The third-order valence-electron chi connectivity index (χ3n) is 19.9. The molecule has 104 heavy (non-hydrogen) atoms. The number of nitrogens with zero attached hydrogens (tertiary/aromatic N) is 16. The van der Waals surface area contributed by atoms with Gasteiger partial charge in [0.05, 0.1) is 50.6 Å². The average Bonchev–Trinajstić information content (AvgIpc) is 1.74. The second kappa shape index (κ2) is 32.1. The second-order valence-corrected chi connectivity index (χ2v) is 29.0. The maximum absolute atomic E-state index is 6.11. The molecule has 16 heterocycles. The number of hydrogen-bond donors (Lipinski definition) is 8. The lowest BCUT2D eigenvalue weighted by Crippen LogP contribution is -2.52. The van der Waals surface area contributed by atoms with E-state index in [1.54, 1.807) is 24.8 Å². The number of piperazine rings is 4. The van der Waals surface area contributed by atoms with Crippen LogP contribution in [0.1, 0.15) is 68.8 Å². The molecule has 0 amide bonds. The van der Waals surface area contributed by atoms with Crippen LogP contribution in [-0.2, 0) is 6.42 Å². The predicted octanol–water partition coefficient (Wildman–Crippen LogP) is 12.6. The molecule has 12 aromatic heterocycles. The van der Waals surface area contributed by atoms with E-state index in [2.05, 4.69) is 209 Å². The van der Waals surface area contributed by atoms with Gasteiger partial charge in [0.1, 0.15) is 23.3 Å². The molecule has 1 saturated carbocycles. The van der Waals surface area contributed by atoms with Crippen molar-refractivity contribution in [2.24, 2.45) is 17.8 Å². The zero-order chi connectivity index (χ0) is 70.9. The van der Waals surface area contributed by atoms with E-state index >= 15 is 0 Å². The highest BCUT2D eigenvalue weighted by molar-refractivity contribution is 6.31. The maximum atomic E-state index is 6.11. The number of aryl methyl sites for hydroxylation is 1. The molecule has 13 aromatic rings. The first-order valence-electron chi connectivity index (χ1n) is 36.7. The normalized spacial score (nSPS) is 18.5. The second-order valence-electron chi connectivity index (χ2n) is 28.6. The number of aromatic amines is 4. The molecule has 540 valence electrons. The molecule has 0 radical (unpaired) electrons. The standard InChI is InChI=1S/C22H22N6.C20H26N6.C19H23ClN6.C18H20N6.3H2/c1-2-6-16(7-3-1)14-17-15-28(13-12-23-17)20-10-4-9-19(25-20)21-18-8-5-11-24-22(18)27-26-21;1-13(2)11-15-12-26(10-9-21-15)20-14(3)6-7-17(23-20)18-16-5-4-8-22-19(16)25-24-18;1-12(2)8-14-11-26(7-6-21-14)17-5-3-4-16(23-17)18-15-9-13(20)10-22-19(15)25-24-18;1-4-14(17-13-3-2-8-20-18(13)23-22-17)21-16(5-1)24-10-9-19-15(11-24)12-6-7-12;;;/h1-11,17,23H,12-15H2,(H,24,26,27);4-8,13,15,21H,9-12H2,1-3H3,(H,22,24,25);3-5,9-10,12,14,21H,6-8,11H2,1-2H3,(H,22,24,25);1-5,8,12,15,19H,6-7,9-11H2,(H,20,22,23);3*1H/t17-;15-;14-;;;;/m000..../s1. The summed E-state index contributed by atoms with van der Waals surface area (Å²) in [6.07, 6.45) is 13.0. The molecule has 0 spiro atoms. The number of rotatable bonds is 15. The van der Waals surface area contributed by atoms with Crippen molar-refractivity contribution in [2.45, 2.75) is 90.9 Å². The molecule has 18 rings (SSSR count). The van der Waals surface area contributed by atoms with Crippen LogP contribution in [0.5, 0.6) is 0 Å². The lowest BCUT2D eigenvalue weighted by atomic mass is 10.0. The van der Waals surface area contributed by atoms with Crippen molar-refractivity contribution in [3.63, 3.8) is 0 Å². The quantitative estimate of drug-likeness (QED) is 0.0473. The van der Waals surface area contributed by atoms with Crippen molar-refractivity contribution in [2.75, 3.05) is 98.1 Å². The van der Waals surface area contributed by atoms with Crippen LogP contribution in [0.3, 0.4) is 0 Å². The fourth-order valence-corrected chi connectivity index (χ4v) is 14.9. The molecule has 4 atom stereocenters. The minimum absolute atomic E-state index is 0. The summed E-state index contributed by atoms with van der Waals surface area (Å²) in [4.78, 5) is 46.4. The van der Waals surface area contributed by atoms with Crippen molar-refractivity contribution in [1.82, 2.24) is 102 Å². The summed E-state index contributed by atoms with van der Waals surface area (Å²) in [7, 11) is 0. The minimum atomic E-state index is 0. The maximum Gasteiger partial charge on any atom is 0.181 e. The van der Waals surface area contributed by atoms with Crippen LogP contribution in [0.2, 0.25) is 5.02 Å². The molecular weight excluding hydrogens is 1320 g/mol. The summed E-state index contributed by atoms with van der Waals surface area (Å²) in [6.45, 7) is 23.1. The number of benzene rings is 1. The zero-order valence-corrected chi connectivity index (χ0v) is 60.4. The van der Waals surface area contributed by atoms with Gasteiger partial charge in [-0.15, -0.1) is 0 Å². The minimum Gasteiger partial charge on any atom is -0.354 e. The van der Waals surface area contributed by atoms with E-state index in [0.29, 0.717) is 46.7 Å². The summed E-state index contributed by atoms with van der Waals surface area (Å²) in [6, 6.07) is 49.2. The van der Waals surface area contributed by atoms with Gasteiger partial charge in [0.2, 0.25) is 0 Å². The lowest BCUT2D eigenvalue weighted by molar-refractivity contribution is 0.387. The van der Waals surface area contributed by atoms with Gasteiger partial charge in [-0.2, -0.15) is 20.4 Å². The topological polar surface area (TPSA) is 279 Å². The van der Waals surface area contributed by atoms with Gasteiger partial charge >= 0.3 is 0 Å². The predicted molar refractivity (Wildman–Crippen MR) is 422 cm³/mol. The Hall–Kier alpha value is -10.4. The summed E-state index contributed by atoms with van der Waals surface area (Å²) < 4.78 is 0. The Labute approximate surface area is 615 Å². The van der Waals surface area contributed by atoms with Gasteiger partial charge < -0.3 is 40.9 Å². The van der Waals surface area contributed by atoms with Crippen molar-refractivity contribution in [1.29, 1.82) is 0 Å². The molecule has 24 nitrogen and oxygen atoms in total. The molecule has 4 aliphatic heterocycles. The van der Waals surface area contributed by atoms with Crippen LogP contribution in [0.15, 0.2) is 164 Å². The number of halogens is 1. The Morgan fingerprint density at radius 1 is 0.433 bits per heavy atom. The molecule has 1 aliphatic carbocycles. The third-order valence-corrected chi connectivity index (χ3v) is 20.1. The van der Waals surface area contributed by atoms with Gasteiger partial charge in [0, 0.05) is 153 Å². The first-order valence-corrected chi connectivity index (χ1v) is 37.1. The van der Waals surface area contributed by atoms with Gasteiger partial charge in [-0.05, 0) is 153 Å². The number of H-pyrrole nitrogens is 4. The van der Waals surface area contributed by atoms with Gasteiger partial charge in [-0.25, -0.2) is 39.9 Å². The van der Waals surface area contributed by atoms with Crippen LogP contribution in [0.25, 0.3) is 89.7 Å². The molecule has 5 fully saturated rings. The zero-order valence-electron chi connectivity index (χ0n) is 59.7. The summed E-state index contributed by atoms with van der Waals surface area (Å²) >= 11 is 6.11. The number of fused-ring (bicyclic) bond motifs is 4. The first-order chi connectivity index (χ1) is 51.0. The third kappa shape index (κ3) is 16.5. The van der Waals surface area contributed by atoms with Crippen molar-refractivity contribution in [3.05, 3.63) is 180 Å². The smallest absolute Gasteiger partial charge is 0.181 e. The van der Waals surface area contributed by atoms with Crippen LogP contribution < -0.4 is 40.9 Å². The number of nitrogens with one attached hydrogen (secondary N) is 8. The molecule has 0 bridgehead atoms. The van der Waals surface area contributed by atoms with Gasteiger partial charge in [-0.3, -0.25) is 20.4 Å². The van der Waals surface area contributed by atoms with E-state index < -0.39 is 0 Å². The van der Waals surface area contributed by atoms with E-state index in [-0.39, 0.29) is 4.28 Å². The summed E-state index contributed by atoms with van der Waals surface area (Å²) in [5, 5.41) is 48.5. The van der Waals surface area contributed by atoms with Crippen molar-refractivity contribution >= 4 is 79.0 Å². The van der Waals surface area contributed by atoms with Crippen molar-refractivity contribution < 1.29 is 4.28 Å². The fourth-order valence-electron chi connectivity index (χ4n) is 14.8. The lowest BCUT2D eigenvalue weighted by Gasteiger charge is -2.36. The highest BCUT2D eigenvalue weighted by Gasteiger charge is 2.35. The van der Waals surface area contributed by atoms with Crippen LogP contribution in [-0.4, -0.2) is 183 Å². The van der Waals surface area contributed by atoms with E-state index in [1.165, 1.54) is 36.8 Å². The van der Waals surface area contributed by atoms with E-state index in [1.807, 2.05) is 66.7 Å². The Bertz CT molecular complexity index is 5010. The van der Waals surface area contributed by atoms with E-state index in [9.17, 15) is 0 Å². The van der Waals surface area contributed by atoms with E-state index in [0.717, 1.165) is 198 Å². The molecule has 8 N–H and O–H groups in total. The van der Waals surface area contributed by atoms with Gasteiger partial charge in [0.15, 0.2) is 22.6 Å². The Kier molecular flexibility index (Phi) is 21.4. The number of hydrogen-bond acceptors (Lipinski definition) is 20. The molecule has 4 saturated heterocycles. The SMILES string of the molecule is CC(C)C[C@H]1CN(c2cccc(-c3[nH]nc4ncc(Cl)cc34)n2)CCN1.Cc1ccc(-c2[nH]nc3ncccc23)nc1N1CCN[C@@H](CC(C)C)C1.[HH].[HH].[HH].c1cc(-c2[nH]nc3ncccc23)nc(N2CCNC(C3CC3)C2)c1.c1ccc(C[C@H]2CN(c3cccc(-c4[nH]nc5ncccc45)n3)CCN2)cc1. The fraction of sp³-hybridized carbons (Fsp3) is 0.367. The molecule has 25 heteroatoms. The van der Waals surface area contributed by atoms with Crippen LogP contribution in [0.4, 0.5) is 23.3 Å². The van der Waals surface area contributed by atoms with Crippen LogP contribution in [0, 0.1) is 24.7 Å². The Morgan fingerprint density at radius 2 is 0.865 bits per heavy atom. The van der Waals surface area contributed by atoms with Gasteiger partial charge in [-0.1, -0.05) is 93.9 Å². The number of anilines is 4. The molecule has 5 aliphatic rings. The number of pyridine rings is 8. The monoisotopic (exact) mass is 1420 g/mol. The Morgan fingerprint density at radius 3 is 1.37 bits per heavy atom. The largest absolute Gasteiger partial charge is 0.354 e. The highest BCUT2D eigenvalue weighted by atomic mass is 35.5. The molecule has 1 aromatic carbocycles. The Balaban J connectivity index is 0.000000132. The first kappa shape index (κ1) is 69.4.